The number of nitrogens with zero attached hydrogens (tertiary/aromatic N) is 1. The Morgan fingerprint density at radius 2 is 1.57 bits per heavy atom. The Hall–Kier alpha value is -3.24. The summed E-state index contributed by atoms with van der Waals surface area (Å²) in [7, 11) is 1.45. The standard InChI is InChI=1S/C33H38F7NO3/c1-18-28(19-10-22(32(35,36)37)13-23(11-19)33(38,39)40)44-29(42)41(18)17-21-16-31(5,6)9-8-24(21)25-12-20(15-30(2,3)4)26(34)14-27(25)43-7/h10-14,18,28H,8-9,15-17H2,1-7H3/t18-,28-/m0/s1. The number of allylic oxidation sites excluding steroid dienone is 1. The second kappa shape index (κ2) is 11.6. The quantitative estimate of drug-likeness (QED) is 0.299. The molecule has 0 unspecified atom stereocenters. The highest BCUT2D eigenvalue weighted by atomic mass is 19.4. The molecule has 1 saturated heterocycles. The van der Waals surface area contributed by atoms with Crippen molar-refractivity contribution in [3.05, 3.63) is 69.5 Å². The Bertz CT molecular complexity index is 1420. The van der Waals surface area contributed by atoms with Crippen molar-refractivity contribution in [2.75, 3.05) is 13.7 Å². The first-order valence-corrected chi connectivity index (χ1v) is 14.4. The van der Waals surface area contributed by atoms with E-state index in [4.69, 9.17) is 9.47 Å². The van der Waals surface area contributed by atoms with Crippen LogP contribution in [0.1, 0.15) is 94.7 Å². The number of carbonyl (C=O) groups is 1. The predicted molar refractivity (Wildman–Crippen MR) is 152 cm³/mol. The van der Waals surface area contributed by atoms with Gasteiger partial charge in [0.1, 0.15) is 17.7 Å². The lowest BCUT2D eigenvalue weighted by atomic mass is 9.72. The van der Waals surface area contributed by atoms with E-state index < -0.39 is 47.5 Å². The minimum absolute atomic E-state index is 0.0372. The van der Waals surface area contributed by atoms with Gasteiger partial charge < -0.3 is 9.47 Å². The van der Waals surface area contributed by atoms with Gasteiger partial charge in [0.2, 0.25) is 0 Å². The van der Waals surface area contributed by atoms with Crippen LogP contribution in [0.4, 0.5) is 35.5 Å². The van der Waals surface area contributed by atoms with E-state index in [-0.39, 0.29) is 29.0 Å². The molecule has 0 spiro atoms. The molecule has 1 aliphatic heterocycles. The Morgan fingerprint density at radius 1 is 0.977 bits per heavy atom. The summed E-state index contributed by atoms with van der Waals surface area (Å²) in [6, 6.07) is 3.51. The topological polar surface area (TPSA) is 38.8 Å². The van der Waals surface area contributed by atoms with Gasteiger partial charge in [-0.3, -0.25) is 4.90 Å². The third kappa shape index (κ3) is 7.34. The van der Waals surface area contributed by atoms with Gasteiger partial charge >= 0.3 is 18.4 Å². The van der Waals surface area contributed by atoms with Gasteiger partial charge in [0, 0.05) is 18.2 Å². The van der Waals surface area contributed by atoms with Crippen LogP contribution < -0.4 is 4.74 Å². The molecule has 1 aliphatic carbocycles. The van der Waals surface area contributed by atoms with Crippen LogP contribution in [0.25, 0.3) is 5.57 Å². The molecule has 1 heterocycles. The van der Waals surface area contributed by atoms with E-state index in [0.29, 0.717) is 48.3 Å². The highest BCUT2D eigenvalue weighted by Crippen LogP contribution is 2.47. The molecule has 11 heteroatoms. The number of halogens is 7. The number of hydrogen-bond acceptors (Lipinski definition) is 3. The van der Waals surface area contributed by atoms with Gasteiger partial charge in [-0.25, -0.2) is 9.18 Å². The summed E-state index contributed by atoms with van der Waals surface area (Å²) in [5.41, 5.74) is -0.759. The largest absolute Gasteiger partial charge is 0.496 e. The van der Waals surface area contributed by atoms with Gasteiger partial charge in [-0.05, 0) is 90.0 Å². The number of hydrogen-bond donors (Lipinski definition) is 0. The minimum Gasteiger partial charge on any atom is -0.496 e. The molecule has 242 valence electrons. The van der Waals surface area contributed by atoms with E-state index in [1.54, 1.807) is 6.07 Å². The zero-order chi connectivity index (χ0) is 33.0. The highest BCUT2D eigenvalue weighted by molar-refractivity contribution is 5.77. The first-order chi connectivity index (χ1) is 20.1. The lowest BCUT2D eigenvalue weighted by molar-refractivity contribution is -0.143. The van der Waals surface area contributed by atoms with Gasteiger partial charge in [-0.2, -0.15) is 26.3 Å². The monoisotopic (exact) mass is 629 g/mol. The maximum absolute atomic E-state index is 15.1. The second-order valence-electron chi connectivity index (χ2n) is 13.8. The van der Waals surface area contributed by atoms with Crippen molar-refractivity contribution in [1.29, 1.82) is 0 Å². The third-order valence-electron chi connectivity index (χ3n) is 8.28. The lowest BCUT2D eigenvalue weighted by Gasteiger charge is -2.36. The van der Waals surface area contributed by atoms with Crippen molar-refractivity contribution in [3.63, 3.8) is 0 Å². The number of benzene rings is 2. The molecule has 0 N–H and O–H groups in total. The Balaban J connectivity index is 1.76. The molecule has 2 aromatic carbocycles. The van der Waals surface area contributed by atoms with Gasteiger partial charge in [0.15, 0.2) is 0 Å². The number of amides is 1. The molecule has 44 heavy (non-hydrogen) atoms. The normalized spacial score (nSPS) is 21.1. The van der Waals surface area contributed by atoms with Crippen LogP contribution in [0.3, 0.4) is 0 Å². The van der Waals surface area contributed by atoms with E-state index in [2.05, 4.69) is 13.8 Å². The average molecular weight is 630 g/mol. The van der Waals surface area contributed by atoms with E-state index in [1.165, 1.54) is 25.0 Å². The van der Waals surface area contributed by atoms with Crippen molar-refractivity contribution >= 4 is 11.7 Å². The second-order valence-corrected chi connectivity index (χ2v) is 13.8. The van der Waals surface area contributed by atoms with Gasteiger partial charge in [-0.15, -0.1) is 0 Å². The smallest absolute Gasteiger partial charge is 0.416 e. The van der Waals surface area contributed by atoms with Crippen molar-refractivity contribution in [1.82, 2.24) is 4.90 Å². The molecule has 1 amide bonds. The molecule has 0 aromatic heterocycles. The molecule has 0 radical (unpaired) electrons. The van der Waals surface area contributed by atoms with Crippen LogP contribution in [0.5, 0.6) is 5.75 Å². The third-order valence-corrected chi connectivity index (χ3v) is 8.28. The van der Waals surface area contributed by atoms with Crippen LogP contribution in [-0.2, 0) is 23.5 Å². The number of ether oxygens (including phenoxy) is 2. The molecule has 4 nitrogen and oxygen atoms in total. The average Bonchev–Trinajstić information content (AvgIpc) is 3.16. The fourth-order valence-corrected chi connectivity index (χ4v) is 6.11. The van der Waals surface area contributed by atoms with Crippen molar-refractivity contribution in [2.24, 2.45) is 10.8 Å². The molecular formula is C33H38F7NO3. The first kappa shape index (κ1) is 33.6. The number of alkyl halides is 6. The number of rotatable bonds is 6. The Labute approximate surface area is 253 Å². The van der Waals surface area contributed by atoms with E-state index in [1.807, 2.05) is 20.8 Å². The fraction of sp³-hybridized carbons (Fsp3) is 0.545. The summed E-state index contributed by atoms with van der Waals surface area (Å²) in [6.07, 6.45) is -9.84. The van der Waals surface area contributed by atoms with Crippen molar-refractivity contribution < 1.29 is 45.0 Å². The zero-order valence-electron chi connectivity index (χ0n) is 25.9. The number of carbonyl (C=O) groups excluding carboxylic acids is 1. The summed E-state index contributed by atoms with van der Waals surface area (Å²) in [4.78, 5) is 14.5. The number of methoxy groups -OCH3 is 1. The van der Waals surface area contributed by atoms with E-state index in [0.717, 1.165) is 17.6 Å². The van der Waals surface area contributed by atoms with Crippen LogP contribution in [0, 0.1) is 16.6 Å². The molecule has 4 rings (SSSR count). The number of cyclic esters (lactones) is 1. The molecular weight excluding hydrogens is 591 g/mol. The summed E-state index contributed by atoms with van der Waals surface area (Å²) in [5.74, 6) is -0.0522. The molecule has 2 aliphatic rings. The minimum atomic E-state index is -5.03. The molecule has 0 saturated carbocycles. The van der Waals surface area contributed by atoms with Crippen LogP contribution >= 0.6 is 0 Å². The zero-order valence-corrected chi connectivity index (χ0v) is 25.9. The maximum atomic E-state index is 15.1. The Morgan fingerprint density at radius 3 is 2.09 bits per heavy atom. The van der Waals surface area contributed by atoms with E-state index in [9.17, 15) is 31.1 Å². The van der Waals surface area contributed by atoms with Crippen LogP contribution in [-0.4, -0.2) is 30.7 Å². The van der Waals surface area contributed by atoms with E-state index >= 15 is 4.39 Å². The predicted octanol–water partition coefficient (Wildman–Crippen LogP) is 10.0. The Kier molecular flexibility index (Phi) is 8.87. The van der Waals surface area contributed by atoms with Gasteiger partial charge in [0.25, 0.3) is 0 Å². The molecule has 2 aromatic rings. The molecule has 0 bridgehead atoms. The molecule has 1 fully saturated rings. The van der Waals surface area contributed by atoms with Crippen molar-refractivity contribution in [2.45, 2.75) is 91.7 Å². The summed E-state index contributed by atoms with van der Waals surface area (Å²) in [5, 5.41) is 0. The summed E-state index contributed by atoms with van der Waals surface area (Å²) in [6.45, 7) is 11.7. The fourth-order valence-electron chi connectivity index (χ4n) is 6.11. The molecule has 2 atom stereocenters. The highest BCUT2D eigenvalue weighted by Gasteiger charge is 2.44. The summed E-state index contributed by atoms with van der Waals surface area (Å²) >= 11 is 0. The van der Waals surface area contributed by atoms with Crippen LogP contribution in [0.2, 0.25) is 0 Å². The van der Waals surface area contributed by atoms with Crippen LogP contribution in [0.15, 0.2) is 35.9 Å². The first-order valence-electron chi connectivity index (χ1n) is 14.4. The van der Waals surface area contributed by atoms with Crippen molar-refractivity contribution in [3.8, 4) is 5.75 Å². The lowest BCUT2D eigenvalue weighted by Crippen LogP contribution is -2.35. The maximum Gasteiger partial charge on any atom is 0.416 e. The SMILES string of the molecule is COc1cc(F)c(CC(C)(C)C)cc1C1=C(CN2C(=O)O[C@H](c3cc(C(F)(F)F)cc(C(F)(F)F)c3)[C@@H]2C)CC(C)(C)CC1. The summed E-state index contributed by atoms with van der Waals surface area (Å²) < 4.78 is 107. The van der Waals surface area contributed by atoms with Gasteiger partial charge in [-0.1, -0.05) is 34.6 Å². The van der Waals surface area contributed by atoms with Gasteiger partial charge in [0.05, 0.1) is 24.3 Å².